The molecule has 0 aliphatic carbocycles. The van der Waals surface area contributed by atoms with Crippen LogP contribution in [-0.2, 0) is 16.1 Å². The molecule has 2 amide bonds. The smallest absolute Gasteiger partial charge is 0.243 e. The van der Waals surface area contributed by atoms with Gasteiger partial charge in [0.2, 0.25) is 11.8 Å². The first-order chi connectivity index (χ1) is 14.1. The summed E-state index contributed by atoms with van der Waals surface area (Å²) in [6.07, 6.45) is 0.772. The van der Waals surface area contributed by atoms with E-state index >= 15 is 0 Å². The minimum atomic E-state index is -0.652. The maximum absolute atomic E-state index is 12.8. The highest BCUT2D eigenvalue weighted by Crippen LogP contribution is 2.27. The van der Waals surface area contributed by atoms with E-state index in [-0.39, 0.29) is 30.2 Å². The van der Waals surface area contributed by atoms with Crippen LogP contribution in [0.2, 0.25) is 0 Å². The van der Waals surface area contributed by atoms with Gasteiger partial charge in [-0.15, -0.1) is 11.3 Å². The van der Waals surface area contributed by atoms with Crippen molar-refractivity contribution in [2.75, 3.05) is 6.54 Å². The monoisotopic (exact) mass is 429 g/mol. The zero-order valence-corrected chi connectivity index (χ0v) is 19.0. The summed E-state index contributed by atoms with van der Waals surface area (Å²) in [4.78, 5) is 32.4. The van der Waals surface area contributed by atoms with E-state index in [9.17, 15) is 14.7 Å². The van der Waals surface area contributed by atoms with Crippen LogP contribution in [0.5, 0.6) is 0 Å². The van der Waals surface area contributed by atoms with Crippen LogP contribution >= 0.6 is 11.3 Å². The summed E-state index contributed by atoms with van der Waals surface area (Å²) >= 11 is 1.61. The van der Waals surface area contributed by atoms with Crippen molar-refractivity contribution in [2.45, 2.75) is 65.6 Å². The summed E-state index contributed by atoms with van der Waals surface area (Å²) < 4.78 is 0. The molecule has 1 aliphatic heterocycles. The first-order valence-corrected chi connectivity index (χ1v) is 11.3. The number of aliphatic hydroxyl groups excluding tert-OH is 1. The first-order valence-electron chi connectivity index (χ1n) is 10.4. The van der Waals surface area contributed by atoms with Gasteiger partial charge >= 0.3 is 0 Å². The van der Waals surface area contributed by atoms with Crippen LogP contribution < -0.4 is 5.32 Å². The van der Waals surface area contributed by atoms with Crippen molar-refractivity contribution in [3.63, 3.8) is 0 Å². The molecule has 2 N–H and O–H groups in total. The number of carbonyl (C=O) groups is 2. The SMILES string of the molecule is Cc1ncsc1-c1ccc(CNC(=O)[C@@H]2C[C@@H](O)CN2C(=O)CCC(C)(C)C)cc1. The van der Waals surface area contributed by atoms with Crippen molar-refractivity contribution in [1.82, 2.24) is 15.2 Å². The summed E-state index contributed by atoms with van der Waals surface area (Å²) in [7, 11) is 0. The number of carbonyl (C=O) groups excluding carboxylic acids is 2. The van der Waals surface area contributed by atoms with Gasteiger partial charge in [0, 0.05) is 25.9 Å². The highest BCUT2D eigenvalue weighted by molar-refractivity contribution is 7.13. The molecule has 0 radical (unpaired) electrons. The Morgan fingerprint density at radius 3 is 2.57 bits per heavy atom. The number of rotatable bonds is 6. The van der Waals surface area contributed by atoms with Gasteiger partial charge in [0.15, 0.2) is 0 Å². The van der Waals surface area contributed by atoms with Crippen molar-refractivity contribution in [3.8, 4) is 10.4 Å². The van der Waals surface area contributed by atoms with Gasteiger partial charge in [-0.2, -0.15) is 0 Å². The zero-order chi connectivity index (χ0) is 21.9. The molecule has 2 heterocycles. The van der Waals surface area contributed by atoms with Crippen molar-refractivity contribution in [1.29, 1.82) is 0 Å². The Bertz CT molecular complexity index is 886. The second-order valence-electron chi connectivity index (χ2n) is 9.19. The number of hydrogen-bond donors (Lipinski definition) is 2. The van der Waals surface area contributed by atoms with Crippen molar-refractivity contribution < 1.29 is 14.7 Å². The number of nitrogens with zero attached hydrogens (tertiary/aromatic N) is 2. The lowest BCUT2D eigenvalue weighted by Crippen LogP contribution is -2.45. The summed E-state index contributed by atoms with van der Waals surface area (Å²) in [6.45, 7) is 8.87. The van der Waals surface area contributed by atoms with Gasteiger partial charge in [0.1, 0.15) is 6.04 Å². The van der Waals surface area contributed by atoms with Gasteiger partial charge < -0.3 is 15.3 Å². The molecule has 6 nitrogen and oxygen atoms in total. The molecule has 0 bridgehead atoms. The number of β-amino-alcohol motifs (C(OH)–C–C–N with tert-alkyl or cyclic N) is 1. The minimum Gasteiger partial charge on any atom is -0.391 e. The lowest BCUT2D eigenvalue weighted by atomic mass is 9.90. The van der Waals surface area contributed by atoms with Crippen LogP contribution in [0.1, 0.15) is 51.3 Å². The number of amides is 2. The standard InChI is InChI=1S/C23H31N3O3S/c1-15-21(30-14-25-15)17-7-5-16(6-8-17)12-24-22(29)19-11-18(27)13-26(19)20(28)9-10-23(2,3)4/h5-8,14,18-19,27H,9-13H2,1-4H3,(H,24,29)/t18-,19+/m1/s1. The van der Waals surface area contributed by atoms with Gasteiger partial charge in [-0.25, -0.2) is 4.98 Å². The van der Waals surface area contributed by atoms with E-state index in [1.165, 1.54) is 0 Å². The average Bonchev–Trinajstić information content (AvgIpc) is 3.29. The van der Waals surface area contributed by atoms with E-state index in [0.717, 1.165) is 28.1 Å². The zero-order valence-electron chi connectivity index (χ0n) is 18.1. The third-order valence-corrected chi connectivity index (χ3v) is 6.40. The normalized spacial score (nSPS) is 19.2. The van der Waals surface area contributed by atoms with E-state index < -0.39 is 12.1 Å². The van der Waals surface area contributed by atoms with E-state index in [4.69, 9.17) is 0 Å². The number of likely N-dealkylation sites (tertiary alicyclic amines) is 1. The van der Waals surface area contributed by atoms with Crippen molar-refractivity contribution in [3.05, 3.63) is 41.0 Å². The van der Waals surface area contributed by atoms with Gasteiger partial charge in [-0.3, -0.25) is 9.59 Å². The molecule has 2 atom stereocenters. The summed E-state index contributed by atoms with van der Waals surface area (Å²) in [6, 6.07) is 7.44. The Hall–Kier alpha value is -2.25. The molecule has 1 aliphatic rings. The maximum atomic E-state index is 12.8. The number of aryl methyl sites for hydroxylation is 1. The molecular weight excluding hydrogens is 398 g/mol. The third-order valence-electron chi connectivity index (χ3n) is 5.42. The van der Waals surface area contributed by atoms with Crippen molar-refractivity contribution in [2.24, 2.45) is 5.41 Å². The largest absolute Gasteiger partial charge is 0.391 e. The highest BCUT2D eigenvalue weighted by Gasteiger charge is 2.38. The molecule has 162 valence electrons. The van der Waals surface area contributed by atoms with Gasteiger partial charge in [-0.1, -0.05) is 45.0 Å². The van der Waals surface area contributed by atoms with Crippen LogP contribution in [-0.4, -0.2) is 45.5 Å². The van der Waals surface area contributed by atoms with E-state index in [1.54, 1.807) is 16.2 Å². The predicted molar refractivity (Wildman–Crippen MR) is 119 cm³/mol. The fourth-order valence-electron chi connectivity index (χ4n) is 3.62. The fraction of sp³-hybridized carbons (Fsp3) is 0.522. The molecule has 1 saturated heterocycles. The molecule has 0 saturated carbocycles. The number of hydrogen-bond acceptors (Lipinski definition) is 5. The Balaban J connectivity index is 1.57. The van der Waals surface area contributed by atoms with Crippen molar-refractivity contribution >= 4 is 23.2 Å². The van der Waals surface area contributed by atoms with Crippen LogP contribution in [0.3, 0.4) is 0 Å². The second kappa shape index (κ2) is 9.27. The summed E-state index contributed by atoms with van der Waals surface area (Å²) in [5.74, 6) is -0.274. The summed E-state index contributed by atoms with van der Waals surface area (Å²) in [5, 5.41) is 13.0. The third kappa shape index (κ3) is 5.67. The Kier molecular flexibility index (Phi) is 6.93. The molecule has 2 aromatic rings. The van der Waals surface area contributed by atoms with E-state index in [2.05, 4.69) is 31.1 Å². The molecular formula is C23H31N3O3S. The lowest BCUT2D eigenvalue weighted by molar-refractivity contribution is -0.139. The average molecular weight is 430 g/mol. The molecule has 0 unspecified atom stereocenters. The maximum Gasteiger partial charge on any atom is 0.243 e. The number of benzene rings is 1. The highest BCUT2D eigenvalue weighted by atomic mass is 32.1. The minimum absolute atomic E-state index is 0.0512. The Morgan fingerprint density at radius 1 is 1.27 bits per heavy atom. The van der Waals surface area contributed by atoms with Gasteiger partial charge in [-0.05, 0) is 29.9 Å². The molecule has 3 rings (SSSR count). The van der Waals surface area contributed by atoms with E-state index in [1.807, 2.05) is 36.7 Å². The number of aliphatic hydroxyl groups is 1. The topological polar surface area (TPSA) is 82.5 Å². The van der Waals surface area contributed by atoms with Crippen LogP contribution in [0.15, 0.2) is 29.8 Å². The Labute approximate surface area is 182 Å². The summed E-state index contributed by atoms with van der Waals surface area (Å²) in [5.41, 5.74) is 4.99. The molecule has 0 spiro atoms. The van der Waals surface area contributed by atoms with Gasteiger partial charge in [0.25, 0.3) is 0 Å². The van der Waals surface area contributed by atoms with E-state index in [0.29, 0.717) is 13.0 Å². The number of nitrogens with one attached hydrogen (secondary N) is 1. The van der Waals surface area contributed by atoms with Crippen LogP contribution in [0, 0.1) is 12.3 Å². The molecule has 1 fully saturated rings. The Morgan fingerprint density at radius 2 is 1.97 bits per heavy atom. The number of aromatic nitrogens is 1. The van der Waals surface area contributed by atoms with Gasteiger partial charge in [0.05, 0.1) is 22.2 Å². The predicted octanol–water partition coefficient (Wildman–Crippen LogP) is 3.52. The first kappa shape index (κ1) is 22.4. The fourth-order valence-corrected chi connectivity index (χ4v) is 4.44. The van der Waals surface area contributed by atoms with Crippen LogP contribution in [0.4, 0.5) is 0 Å². The number of thiazole rings is 1. The quantitative estimate of drug-likeness (QED) is 0.736. The molecule has 1 aromatic heterocycles. The second-order valence-corrected chi connectivity index (χ2v) is 10.0. The molecule has 30 heavy (non-hydrogen) atoms. The lowest BCUT2D eigenvalue weighted by Gasteiger charge is -2.25. The molecule has 1 aromatic carbocycles. The molecule has 7 heteroatoms. The van der Waals surface area contributed by atoms with Crippen LogP contribution in [0.25, 0.3) is 10.4 Å².